The van der Waals surface area contributed by atoms with Gasteiger partial charge >= 0.3 is 0 Å². The second-order valence-corrected chi connectivity index (χ2v) is 5.15. The largest absolute Gasteiger partial charge is 0.370 e. The number of nitrogens with two attached hydrogens (primary N) is 1. The Hall–Kier alpha value is -1.65. The molecule has 0 amide bonds. The van der Waals surface area contributed by atoms with Crippen molar-refractivity contribution in [3.8, 4) is 0 Å². The molecule has 1 atom stereocenters. The van der Waals surface area contributed by atoms with E-state index in [1.165, 1.54) is 18.2 Å². The quantitative estimate of drug-likeness (QED) is 0.873. The van der Waals surface area contributed by atoms with E-state index in [-0.39, 0.29) is 11.6 Å². The first kappa shape index (κ1) is 11.4. The Morgan fingerprint density at radius 2 is 1.94 bits per heavy atom. The third-order valence-corrected chi connectivity index (χ3v) is 3.74. The van der Waals surface area contributed by atoms with E-state index in [1.54, 1.807) is 6.92 Å². The number of rotatable bonds is 2. The molecule has 1 aliphatic carbocycles. The molecule has 1 aliphatic heterocycles. The van der Waals surface area contributed by atoms with E-state index in [0.717, 1.165) is 12.8 Å². The van der Waals surface area contributed by atoms with Crippen molar-refractivity contribution in [2.24, 2.45) is 10.7 Å². The Kier molecular flexibility index (Phi) is 2.33. The number of nitrogens with zero attached hydrogens (tertiary/aromatic N) is 2. The van der Waals surface area contributed by atoms with Crippen molar-refractivity contribution in [3.05, 3.63) is 35.4 Å². The fourth-order valence-electron chi connectivity index (χ4n) is 2.77. The Balaban J connectivity index is 2.10. The molecule has 2 N–H and O–H groups in total. The van der Waals surface area contributed by atoms with Crippen LogP contribution in [-0.4, -0.2) is 23.4 Å². The van der Waals surface area contributed by atoms with Gasteiger partial charge in [-0.25, -0.2) is 8.78 Å². The molecule has 96 valence electrons. The molecule has 2 aliphatic rings. The molecule has 5 heteroatoms. The van der Waals surface area contributed by atoms with E-state index in [1.807, 2.05) is 4.90 Å². The van der Waals surface area contributed by atoms with Crippen molar-refractivity contribution in [1.82, 2.24) is 4.90 Å². The molecule has 0 bridgehead atoms. The van der Waals surface area contributed by atoms with Crippen LogP contribution in [0.4, 0.5) is 8.78 Å². The number of guanidine groups is 1. The van der Waals surface area contributed by atoms with Crippen LogP contribution in [0.2, 0.25) is 0 Å². The SMILES string of the molecule is CC1(c2c(F)cccc2F)CN=C(N)N1C1CC1. The molecule has 3 rings (SSSR count). The molecule has 18 heavy (non-hydrogen) atoms. The zero-order valence-corrected chi connectivity index (χ0v) is 10.2. The monoisotopic (exact) mass is 251 g/mol. The summed E-state index contributed by atoms with van der Waals surface area (Å²) in [5, 5.41) is 0. The molecule has 1 saturated carbocycles. The highest BCUT2D eigenvalue weighted by Crippen LogP contribution is 2.42. The second-order valence-electron chi connectivity index (χ2n) is 5.15. The maximum absolute atomic E-state index is 14.0. The average molecular weight is 251 g/mol. The lowest BCUT2D eigenvalue weighted by Crippen LogP contribution is -2.49. The van der Waals surface area contributed by atoms with Crippen LogP contribution in [0, 0.1) is 11.6 Å². The normalized spacial score (nSPS) is 27.5. The molecular formula is C13H15F2N3. The third-order valence-electron chi connectivity index (χ3n) is 3.74. The fraction of sp³-hybridized carbons (Fsp3) is 0.462. The minimum Gasteiger partial charge on any atom is -0.370 e. The first-order valence-corrected chi connectivity index (χ1v) is 6.08. The minimum atomic E-state index is -0.805. The van der Waals surface area contributed by atoms with E-state index in [2.05, 4.69) is 4.99 Å². The summed E-state index contributed by atoms with van der Waals surface area (Å²) in [4.78, 5) is 6.05. The summed E-state index contributed by atoms with van der Waals surface area (Å²) in [7, 11) is 0. The van der Waals surface area contributed by atoms with E-state index in [0.29, 0.717) is 12.5 Å². The van der Waals surface area contributed by atoms with Gasteiger partial charge in [0, 0.05) is 6.04 Å². The molecule has 0 spiro atoms. The van der Waals surface area contributed by atoms with Crippen molar-refractivity contribution in [2.75, 3.05) is 6.54 Å². The Bertz CT molecular complexity index is 505. The molecule has 3 nitrogen and oxygen atoms in total. The van der Waals surface area contributed by atoms with E-state index < -0.39 is 17.2 Å². The number of benzene rings is 1. The summed E-state index contributed by atoms with van der Waals surface area (Å²) in [6.45, 7) is 2.10. The van der Waals surface area contributed by atoms with Gasteiger partial charge in [-0.3, -0.25) is 4.99 Å². The maximum Gasteiger partial charge on any atom is 0.192 e. The Labute approximate surface area is 104 Å². The van der Waals surface area contributed by atoms with Gasteiger partial charge in [0.1, 0.15) is 11.6 Å². The van der Waals surface area contributed by atoms with Crippen molar-refractivity contribution >= 4 is 5.96 Å². The van der Waals surface area contributed by atoms with Crippen LogP contribution >= 0.6 is 0 Å². The van der Waals surface area contributed by atoms with Gasteiger partial charge in [0.25, 0.3) is 0 Å². The summed E-state index contributed by atoms with van der Waals surface area (Å²) in [5.41, 5.74) is 5.13. The van der Waals surface area contributed by atoms with Gasteiger partial charge in [-0.1, -0.05) is 6.07 Å². The van der Waals surface area contributed by atoms with Crippen LogP contribution in [0.3, 0.4) is 0 Å². The second kappa shape index (κ2) is 3.67. The van der Waals surface area contributed by atoms with Crippen LogP contribution in [-0.2, 0) is 5.54 Å². The van der Waals surface area contributed by atoms with E-state index in [4.69, 9.17) is 5.73 Å². The van der Waals surface area contributed by atoms with Gasteiger partial charge in [-0.2, -0.15) is 0 Å². The summed E-state index contributed by atoms with van der Waals surface area (Å²) >= 11 is 0. The minimum absolute atomic E-state index is 0.0705. The topological polar surface area (TPSA) is 41.6 Å². The first-order chi connectivity index (χ1) is 8.54. The predicted octanol–water partition coefficient (Wildman–Crippen LogP) is 1.97. The Morgan fingerprint density at radius 3 is 2.50 bits per heavy atom. The van der Waals surface area contributed by atoms with Gasteiger partial charge in [0.05, 0.1) is 17.6 Å². The van der Waals surface area contributed by atoms with Crippen molar-refractivity contribution in [1.29, 1.82) is 0 Å². The zero-order valence-electron chi connectivity index (χ0n) is 10.2. The summed E-state index contributed by atoms with van der Waals surface area (Å²) in [6, 6.07) is 4.20. The molecule has 0 saturated heterocycles. The smallest absolute Gasteiger partial charge is 0.192 e. The average Bonchev–Trinajstić information content (AvgIpc) is 3.07. The lowest BCUT2D eigenvalue weighted by atomic mass is 9.90. The summed E-state index contributed by atoms with van der Waals surface area (Å²) in [5.74, 6) is -0.677. The van der Waals surface area contributed by atoms with Gasteiger partial charge in [0.15, 0.2) is 5.96 Å². The fourth-order valence-corrected chi connectivity index (χ4v) is 2.77. The lowest BCUT2D eigenvalue weighted by Gasteiger charge is -2.37. The summed E-state index contributed by atoms with van der Waals surface area (Å²) < 4.78 is 27.9. The number of hydrogen-bond donors (Lipinski definition) is 1. The molecule has 1 aromatic rings. The van der Waals surface area contributed by atoms with Crippen LogP contribution in [0.1, 0.15) is 25.3 Å². The molecule has 1 heterocycles. The molecule has 0 aromatic heterocycles. The highest BCUT2D eigenvalue weighted by Gasteiger charge is 2.49. The van der Waals surface area contributed by atoms with Crippen LogP contribution in [0.25, 0.3) is 0 Å². The predicted molar refractivity (Wildman–Crippen MR) is 65.1 cm³/mol. The molecule has 0 radical (unpaired) electrons. The highest BCUT2D eigenvalue weighted by atomic mass is 19.1. The number of hydrogen-bond acceptors (Lipinski definition) is 3. The molecule has 1 unspecified atom stereocenters. The van der Waals surface area contributed by atoms with Crippen LogP contribution < -0.4 is 5.73 Å². The van der Waals surface area contributed by atoms with Gasteiger partial charge in [-0.05, 0) is 31.9 Å². The van der Waals surface area contributed by atoms with Gasteiger partial charge in [0.2, 0.25) is 0 Å². The van der Waals surface area contributed by atoms with Gasteiger partial charge in [-0.15, -0.1) is 0 Å². The summed E-state index contributed by atoms with van der Waals surface area (Å²) in [6.07, 6.45) is 2.00. The van der Waals surface area contributed by atoms with E-state index >= 15 is 0 Å². The number of aliphatic imine (C=N–C) groups is 1. The molecular weight excluding hydrogens is 236 g/mol. The number of halogens is 2. The first-order valence-electron chi connectivity index (χ1n) is 6.08. The van der Waals surface area contributed by atoms with Crippen LogP contribution in [0.5, 0.6) is 0 Å². The lowest BCUT2D eigenvalue weighted by molar-refractivity contribution is 0.203. The van der Waals surface area contributed by atoms with Crippen molar-refractivity contribution < 1.29 is 8.78 Å². The van der Waals surface area contributed by atoms with Crippen LogP contribution in [0.15, 0.2) is 23.2 Å². The molecule has 1 fully saturated rings. The van der Waals surface area contributed by atoms with Gasteiger partial charge < -0.3 is 10.6 Å². The van der Waals surface area contributed by atoms with Crippen molar-refractivity contribution in [2.45, 2.75) is 31.3 Å². The third kappa shape index (κ3) is 1.50. The van der Waals surface area contributed by atoms with E-state index in [9.17, 15) is 8.78 Å². The standard InChI is InChI=1S/C13H15F2N3/c1-13(11-9(14)3-2-4-10(11)15)7-17-12(16)18(13)8-5-6-8/h2-4,8H,5-7H2,1H3,(H2,16,17). The molecule has 1 aromatic carbocycles. The van der Waals surface area contributed by atoms with Crippen molar-refractivity contribution in [3.63, 3.8) is 0 Å². The zero-order chi connectivity index (χ0) is 12.9. The maximum atomic E-state index is 14.0. The Morgan fingerprint density at radius 1 is 1.33 bits per heavy atom. The highest BCUT2D eigenvalue weighted by molar-refractivity contribution is 5.82.